The zero-order chi connectivity index (χ0) is 45.9. The Kier molecular flexibility index (Phi) is 11.0. The monoisotopic (exact) mass is 985 g/mol. The van der Waals surface area contributed by atoms with Crippen LogP contribution in [0.3, 0.4) is 0 Å². The topological polar surface area (TPSA) is 50.9 Å². The summed E-state index contributed by atoms with van der Waals surface area (Å²) in [6.45, 7) is 16.8. The SMILES string of the molecule is [2H]C([2H])([2H])c1ccc(-c2ccnc(-c3[c-]c(-c4cccc5c4nc(-c4cc(C(C)C)cc(C(C)C)c4O)n5-c4ccc(C([2H])(C)C)cc4-c4ccccc4)cc(C(C)(C)C)c3)c2)cc1.[Pt]. The van der Waals surface area contributed by atoms with Crippen molar-refractivity contribution in [2.75, 3.05) is 0 Å². The Morgan fingerprint density at radius 3 is 2.07 bits per heavy atom. The summed E-state index contributed by atoms with van der Waals surface area (Å²) in [5.41, 5.74) is 14.3. The fraction of sp³-hybridized carbons (Fsp3) is 0.250. The van der Waals surface area contributed by atoms with Gasteiger partial charge < -0.3 is 5.11 Å². The van der Waals surface area contributed by atoms with E-state index >= 15 is 0 Å². The summed E-state index contributed by atoms with van der Waals surface area (Å²) in [6, 6.07) is 46.1. The molecule has 0 aliphatic carbocycles. The summed E-state index contributed by atoms with van der Waals surface area (Å²) in [5.74, 6) is 0.265. The third kappa shape index (κ3) is 8.66. The number of aromatic nitrogens is 3. The van der Waals surface area contributed by atoms with Crippen molar-refractivity contribution in [3.05, 3.63) is 167 Å². The Morgan fingerprint density at radius 1 is 0.672 bits per heavy atom. The maximum absolute atomic E-state index is 12.3. The molecule has 0 aliphatic heterocycles. The first kappa shape index (κ1) is 38.4. The van der Waals surface area contributed by atoms with Gasteiger partial charge in [0, 0.05) is 44.0 Å². The number of aryl methyl sites for hydroxylation is 1. The summed E-state index contributed by atoms with van der Waals surface area (Å²) >= 11 is 0. The third-order valence-electron chi connectivity index (χ3n) is 11.6. The normalized spacial score (nSPS) is 13.2. The zero-order valence-corrected chi connectivity index (χ0v) is 38.7. The molecule has 0 spiro atoms. The summed E-state index contributed by atoms with van der Waals surface area (Å²) in [7, 11) is 0. The van der Waals surface area contributed by atoms with Gasteiger partial charge in [-0.05, 0) is 93.7 Å². The predicted octanol–water partition coefficient (Wildman–Crippen LogP) is 15.2. The van der Waals surface area contributed by atoms with Gasteiger partial charge in [-0.1, -0.05) is 164 Å². The molecule has 0 unspecified atom stereocenters. The molecule has 2 aromatic heterocycles. The van der Waals surface area contributed by atoms with Gasteiger partial charge in [-0.25, -0.2) is 4.98 Å². The minimum absolute atomic E-state index is 0. The van der Waals surface area contributed by atoms with Crippen molar-refractivity contribution in [2.45, 2.75) is 92.3 Å². The van der Waals surface area contributed by atoms with Crippen molar-refractivity contribution in [3.63, 3.8) is 0 Å². The molecular weight excluding hydrogens is 926 g/mol. The predicted molar refractivity (Wildman–Crippen MR) is 252 cm³/mol. The molecule has 61 heavy (non-hydrogen) atoms. The summed E-state index contributed by atoms with van der Waals surface area (Å²) in [6.07, 6.45) is 1.79. The number of phenols is 1. The molecule has 0 radical (unpaired) electrons. The first-order chi connectivity index (χ1) is 30.2. The molecule has 8 rings (SSSR count). The van der Waals surface area contributed by atoms with Crippen molar-refractivity contribution >= 4 is 11.0 Å². The molecule has 6 aromatic carbocycles. The van der Waals surface area contributed by atoms with Crippen LogP contribution >= 0.6 is 0 Å². The van der Waals surface area contributed by atoms with E-state index in [0.717, 1.165) is 83.6 Å². The van der Waals surface area contributed by atoms with Gasteiger partial charge in [0.05, 0.1) is 22.3 Å². The summed E-state index contributed by atoms with van der Waals surface area (Å²) < 4.78 is 34.7. The van der Waals surface area contributed by atoms with Gasteiger partial charge in [0.25, 0.3) is 0 Å². The van der Waals surface area contributed by atoms with Crippen molar-refractivity contribution in [2.24, 2.45) is 0 Å². The van der Waals surface area contributed by atoms with Crippen molar-refractivity contribution in [3.8, 4) is 67.5 Å². The standard InChI is InChI=1S/C56H56N3O.Pt/c1-34(2)40-23-24-51(48(30-40)39-15-12-11-13-16-39)59-52-18-14-17-46(53(52)58-55(59)49-32-42(35(3)4)31-47(36(5)6)54(49)60)43-27-44(29-45(28-43)56(8,9)10)50-33-41(25-26-57-50)38-21-19-37(7)20-22-38;/h11-26,28-36,60H,1-10H3;/q-1;/i7D3,34D;. The van der Waals surface area contributed by atoms with Crippen LogP contribution in [0.4, 0.5) is 0 Å². The maximum Gasteiger partial charge on any atom is 0.148 e. The summed E-state index contributed by atoms with van der Waals surface area (Å²) in [5, 5.41) is 12.3. The second-order valence-corrected chi connectivity index (χ2v) is 17.8. The molecule has 4 nitrogen and oxygen atoms in total. The summed E-state index contributed by atoms with van der Waals surface area (Å²) in [4.78, 5) is 10.4. The molecule has 0 fully saturated rings. The number of pyridine rings is 1. The Balaban J connectivity index is 0.00000630. The van der Waals surface area contributed by atoms with Gasteiger partial charge in [-0.15, -0.1) is 29.3 Å². The molecule has 312 valence electrons. The molecule has 1 N–H and O–H groups in total. The zero-order valence-electron chi connectivity index (χ0n) is 40.5. The van der Waals surface area contributed by atoms with Gasteiger partial charge in [0.15, 0.2) is 0 Å². The second-order valence-electron chi connectivity index (χ2n) is 17.8. The van der Waals surface area contributed by atoms with E-state index in [1.165, 1.54) is 0 Å². The Bertz CT molecular complexity index is 3010. The van der Waals surface area contributed by atoms with E-state index in [4.69, 9.17) is 15.5 Å². The molecule has 8 aromatic rings. The average molecular weight is 986 g/mol. The van der Waals surface area contributed by atoms with E-state index in [-0.39, 0.29) is 44.1 Å². The van der Waals surface area contributed by atoms with E-state index in [1.54, 1.807) is 18.3 Å². The Hall–Kier alpha value is -5.57. The van der Waals surface area contributed by atoms with E-state index in [9.17, 15) is 5.11 Å². The third-order valence-corrected chi connectivity index (χ3v) is 11.6. The van der Waals surface area contributed by atoms with Crippen LogP contribution in [0.2, 0.25) is 0 Å². The number of imidazole rings is 1. The fourth-order valence-corrected chi connectivity index (χ4v) is 7.96. The van der Waals surface area contributed by atoms with E-state index < -0.39 is 12.7 Å². The average Bonchev–Trinajstić information content (AvgIpc) is 3.65. The Labute approximate surface area is 382 Å². The van der Waals surface area contributed by atoms with Crippen LogP contribution in [0.25, 0.3) is 72.7 Å². The van der Waals surface area contributed by atoms with Crippen molar-refractivity contribution < 1.29 is 31.7 Å². The first-order valence-electron chi connectivity index (χ1n) is 22.9. The molecule has 0 amide bonds. The number of para-hydroxylation sites is 1. The largest absolute Gasteiger partial charge is 0.507 e. The van der Waals surface area contributed by atoms with Crippen LogP contribution in [-0.4, -0.2) is 19.6 Å². The van der Waals surface area contributed by atoms with Crippen LogP contribution in [0.15, 0.2) is 134 Å². The number of benzene rings is 6. The van der Waals surface area contributed by atoms with Gasteiger partial charge in [0.2, 0.25) is 0 Å². The smallest absolute Gasteiger partial charge is 0.148 e. The van der Waals surface area contributed by atoms with Gasteiger partial charge in [0.1, 0.15) is 11.6 Å². The van der Waals surface area contributed by atoms with Crippen LogP contribution in [0, 0.1) is 12.9 Å². The molecule has 5 heteroatoms. The molecule has 0 saturated heterocycles. The van der Waals surface area contributed by atoms with Crippen molar-refractivity contribution in [1.29, 1.82) is 0 Å². The van der Waals surface area contributed by atoms with Gasteiger partial charge >= 0.3 is 0 Å². The fourth-order valence-electron chi connectivity index (χ4n) is 7.96. The molecule has 0 saturated carbocycles. The second kappa shape index (κ2) is 17.4. The van der Waals surface area contributed by atoms with Crippen LogP contribution in [0.5, 0.6) is 5.75 Å². The molecule has 0 bridgehead atoms. The number of fused-ring (bicyclic) bond motifs is 1. The number of hydrogen-bond acceptors (Lipinski definition) is 3. The number of nitrogens with zero attached hydrogens (tertiary/aromatic N) is 3. The van der Waals surface area contributed by atoms with Gasteiger partial charge in [-0.3, -0.25) is 9.55 Å². The van der Waals surface area contributed by atoms with Crippen LogP contribution in [0.1, 0.15) is 113 Å². The van der Waals surface area contributed by atoms with E-state index in [2.05, 4.69) is 126 Å². The molecule has 0 aliphatic rings. The van der Waals surface area contributed by atoms with Gasteiger partial charge in [-0.2, -0.15) is 0 Å². The Morgan fingerprint density at radius 2 is 1.39 bits per heavy atom. The number of aromatic hydroxyl groups is 1. The van der Waals surface area contributed by atoms with Crippen LogP contribution in [-0.2, 0) is 26.5 Å². The van der Waals surface area contributed by atoms with Crippen molar-refractivity contribution in [1.82, 2.24) is 14.5 Å². The number of rotatable bonds is 9. The number of phenolic OH excluding ortho intramolecular Hbond substituents is 1. The van der Waals surface area contributed by atoms with Crippen LogP contribution < -0.4 is 0 Å². The quantitative estimate of drug-likeness (QED) is 0.147. The molecule has 2 heterocycles. The van der Waals surface area contributed by atoms with E-state index in [0.29, 0.717) is 17.0 Å². The maximum atomic E-state index is 12.3. The molecular formula is C56H56N3OPt-. The minimum atomic E-state index is -2.18. The molecule has 0 atom stereocenters. The van der Waals surface area contributed by atoms with E-state index in [1.807, 2.05) is 62.4 Å². The first-order valence-corrected chi connectivity index (χ1v) is 20.9. The minimum Gasteiger partial charge on any atom is -0.507 e. The number of hydrogen-bond donors (Lipinski definition) is 1.